The van der Waals surface area contributed by atoms with Crippen molar-refractivity contribution in [3.63, 3.8) is 0 Å². The van der Waals surface area contributed by atoms with Gasteiger partial charge in [0.15, 0.2) is 0 Å². The summed E-state index contributed by atoms with van der Waals surface area (Å²) in [4.78, 5) is 8.56. The van der Waals surface area contributed by atoms with Gasteiger partial charge >= 0.3 is 0 Å². The average molecular weight is 406 g/mol. The molecule has 1 atom stereocenters. The number of anilines is 1. The first-order valence-electron chi connectivity index (χ1n) is 9.72. The molecule has 0 fully saturated rings. The first kappa shape index (κ1) is 19.8. The zero-order chi connectivity index (χ0) is 21.4. The highest BCUT2D eigenvalue weighted by Crippen LogP contribution is 2.36. The molecule has 4 aromatic rings. The van der Waals surface area contributed by atoms with Crippen LogP contribution in [0.4, 0.5) is 10.2 Å². The van der Waals surface area contributed by atoms with E-state index in [1.165, 1.54) is 24.5 Å². The van der Waals surface area contributed by atoms with Crippen LogP contribution >= 0.6 is 0 Å². The van der Waals surface area contributed by atoms with Crippen molar-refractivity contribution in [1.82, 2.24) is 14.5 Å². The van der Waals surface area contributed by atoms with Crippen LogP contribution in [0.15, 0.2) is 55.0 Å². The first-order valence-corrected chi connectivity index (χ1v) is 9.72. The van der Waals surface area contributed by atoms with E-state index in [1.807, 2.05) is 30.5 Å². The number of ether oxygens (including phenoxy) is 1. The minimum absolute atomic E-state index is 0.218. The van der Waals surface area contributed by atoms with Crippen LogP contribution in [0.25, 0.3) is 22.2 Å². The number of nitrogens with two attached hydrogens (primary N) is 1. The van der Waals surface area contributed by atoms with Gasteiger partial charge in [0, 0.05) is 23.4 Å². The van der Waals surface area contributed by atoms with Gasteiger partial charge in [-0.25, -0.2) is 14.4 Å². The third kappa shape index (κ3) is 3.59. The monoisotopic (exact) mass is 406 g/mol. The van der Waals surface area contributed by atoms with Gasteiger partial charge in [0.05, 0.1) is 11.5 Å². The van der Waals surface area contributed by atoms with Gasteiger partial charge in [-0.1, -0.05) is 12.1 Å². The molecule has 0 aliphatic rings. The highest BCUT2D eigenvalue weighted by molar-refractivity contribution is 6.00. The molecule has 0 aliphatic carbocycles. The van der Waals surface area contributed by atoms with Crippen molar-refractivity contribution >= 4 is 16.9 Å². The number of aromatic nitrogens is 3. The molecule has 154 valence electrons. The maximum atomic E-state index is 13.5. The molecule has 0 bridgehead atoms. The molecule has 7 heteroatoms. The fourth-order valence-electron chi connectivity index (χ4n) is 3.49. The Balaban J connectivity index is 1.70. The first-order chi connectivity index (χ1) is 14.3. The van der Waals surface area contributed by atoms with Gasteiger partial charge in [-0.05, 0) is 56.7 Å². The molecule has 0 saturated carbocycles. The summed E-state index contributed by atoms with van der Waals surface area (Å²) in [7, 11) is 0. The summed E-state index contributed by atoms with van der Waals surface area (Å²) < 4.78 is 21.5. The Morgan fingerprint density at radius 2 is 1.80 bits per heavy atom. The zero-order valence-electron chi connectivity index (χ0n) is 17.0. The molecule has 2 aromatic heterocycles. The van der Waals surface area contributed by atoms with E-state index in [0.717, 1.165) is 22.2 Å². The van der Waals surface area contributed by atoms with E-state index in [2.05, 4.69) is 28.4 Å². The van der Waals surface area contributed by atoms with E-state index in [4.69, 9.17) is 10.5 Å². The minimum Gasteiger partial charge on any atom is -0.457 e. The number of halogens is 1. The van der Waals surface area contributed by atoms with Gasteiger partial charge in [0.25, 0.3) is 0 Å². The van der Waals surface area contributed by atoms with Crippen LogP contribution in [-0.2, 0) is 0 Å². The van der Waals surface area contributed by atoms with E-state index in [0.29, 0.717) is 22.9 Å². The molecular formula is C23H23FN4O2. The SMILES string of the molecule is CC(O)c1cc(F)ccc1Oc1ccc(-c2cn(C(C)C)c3ncnc(N)c23)cc1. The lowest BCUT2D eigenvalue weighted by molar-refractivity contribution is 0.195. The van der Waals surface area contributed by atoms with Crippen LogP contribution in [0.1, 0.15) is 38.5 Å². The van der Waals surface area contributed by atoms with E-state index in [9.17, 15) is 9.50 Å². The highest BCUT2D eigenvalue weighted by atomic mass is 19.1. The number of hydrogen-bond donors (Lipinski definition) is 2. The zero-order valence-corrected chi connectivity index (χ0v) is 17.0. The van der Waals surface area contributed by atoms with E-state index in [1.54, 1.807) is 6.92 Å². The summed E-state index contributed by atoms with van der Waals surface area (Å²) in [5.74, 6) is 0.995. The van der Waals surface area contributed by atoms with Crippen LogP contribution in [0.3, 0.4) is 0 Å². The Bertz CT molecular complexity index is 1200. The number of hydrogen-bond acceptors (Lipinski definition) is 5. The largest absolute Gasteiger partial charge is 0.457 e. The predicted octanol–water partition coefficient (Wildman–Crippen LogP) is 5.25. The molecule has 0 spiro atoms. The van der Waals surface area contributed by atoms with Crippen molar-refractivity contribution in [2.24, 2.45) is 0 Å². The second kappa shape index (κ2) is 7.76. The van der Waals surface area contributed by atoms with Crippen molar-refractivity contribution in [1.29, 1.82) is 0 Å². The number of aliphatic hydroxyl groups is 1. The van der Waals surface area contributed by atoms with Crippen molar-refractivity contribution in [3.8, 4) is 22.6 Å². The number of benzene rings is 2. The Hall–Kier alpha value is -3.45. The molecular weight excluding hydrogens is 383 g/mol. The maximum absolute atomic E-state index is 13.5. The number of nitrogens with zero attached hydrogens (tertiary/aromatic N) is 3. The smallest absolute Gasteiger partial charge is 0.146 e. The summed E-state index contributed by atoms with van der Waals surface area (Å²) in [6, 6.07) is 11.8. The van der Waals surface area contributed by atoms with Gasteiger partial charge in [0.2, 0.25) is 0 Å². The second-order valence-electron chi connectivity index (χ2n) is 7.49. The topological polar surface area (TPSA) is 86.2 Å². The Labute approximate surface area is 173 Å². The van der Waals surface area contributed by atoms with Crippen molar-refractivity contribution in [2.75, 3.05) is 5.73 Å². The third-order valence-corrected chi connectivity index (χ3v) is 5.01. The lowest BCUT2D eigenvalue weighted by Gasteiger charge is -2.13. The van der Waals surface area contributed by atoms with Crippen molar-refractivity contribution < 1.29 is 14.2 Å². The molecule has 2 aromatic carbocycles. The van der Waals surface area contributed by atoms with Crippen molar-refractivity contribution in [3.05, 3.63) is 66.4 Å². The summed E-state index contributed by atoms with van der Waals surface area (Å²) >= 11 is 0. The van der Waals surface area contributed by atoms with E-state index in [-0.39, 0.29) is 6.04 Å². The van der Waals surface area contributed by atoms with Gasteiger partial charge in [-0.3, -0.25) is 0 Å². The van der Waals surface area contributed by atoms with Crippen LogP contribution in [0.5, 0.6) is 11.5 Å². The van der Waals surface area contributed by atoms with Gasteiger partial charge in [-0.15, -0.1) is 0 Å². The molecule has 0 aliphatic heterocycles. The molecule has 0 amide bonds. The molecule has 0 saturated heterocycles. The number of nitrogen functional groups attached to an aromatic ring is 1. The average Bonchev–Trinajstić information content (AvgIpc) is 3.11. The van der Waals surface area contributed by atoms with Crippen LogP contribution in [0, 0.1) is 5.82 Å². The quantitative estimate of drug-likeness (QED) is 0.473. The molecule has 4 rings (SSSR count). The van der Waals surface area contributed by atoms with E-state index >= 15 is 0 Å². The summed E-state index contributed by atoms with van der Waals surface area (Å²) in [5.41, 5.74) is 9.23. The molecule has 1 unspecified atom stereocenters. The number of fused-ring (bicyclic) bond motifs is 1. The number of aliphatic hydroxyl groups excluding tert-OH is 1. The van der Waals surface area contributed by atoms with Crippen LogP contribution in [-0.4, -0.2) is 19.6 Å². The lowest BCUT2D eigenvalue weighted by atomic mass is 10.1. The summed E-state index contributed by atoms with van der Waals surface area (Å²) in [6.45, 7) is 5.74. The van der Waals surface area contributed by atoms with E-state index < -0.39 is 11.9 Å². The second-order valence-corrected chi connectivity index (χ2v) is 7.49. The standard InChI is InChI=1S/C23H23FN4O2/c1-13(2)28-11-19(21-22(25)26-12-27-23(21)28)15-4-7-17(8-5-15)30-20-9-6-16(24)10-18(20)14(3)29/h4-14,29H,1-3H3,(H2,25,26,27). The minimum atomic E-state index is -0.847. The Morgan fingerprint density at radius 1 is 1.07 bits per heavy atom. The molecule has 3 N–H and O–H groups in total. The van der Waals surface area contributed by atoms with Crippen molar-refractivity contribution in [2.45, 2.75) is 32.9 Å². The Kier molecular flexibility index (Phi) is 5.13. The highest BCUT2D eigenvalue weighted by Gasteiger charge is 2.17. The molecule has 6 nitrogen and oxygen atoms in total. The van der Waals surface area contributed by atoms with Crippen LogP contribution < -0.4 is 10.5 Å². The third-order valence-electron chi connectivity index (χ3n) is 5.01. The summed E-state index contributed by atoms with van der Waals surface area (Å²) in [5, 5.41) is 10.7. The number of rotatable bonds is 5. The predicted molar refractivity (Wildman–Crippen MR) is 115 cm³/mol. The van der Waals surface area contributed by atoms with Crippen LogP contribution in [0.2, 0.25) is 0 Å². The summed E-state index contributed by atoms with van der Waals surface area (Å²) in [6.07, 6.45) is 2.65. The van der Waals surface area contributed by atoms with Gasteiger partial charge < -0.3 is 20.1 Å². The molecule has 30 heavy (non-hydrogen) atoms. The normalized spacial score (nSPS) is 12.5. The van der Waals surface area contributed by atoms with Gasteiger partial charge in [0.1, 0.15) is 35.1 Å². The lowest BCUT2D eigenvalue weighted by Crippen LogP contribution is -2.00. The molecule has 2 heterocycles. The Morgan fingerprint density at radius 3 is 2.47 bits per heavy atom. The fourth-order valence-corrected chi connectivity index (χ4v) is 3.49. The molecule has 0 radical (unpaired) electrons. The van der Waals surface area contributed by atoms with Gasteiger partial charge in [-0.2, -0.15) is 0 Å². The maximum Gasteiger partial charge on any atom is 0.146 e. The fraction of sp³-hybridized carbons (Fsp3) is 0.217.